The van der Waals surface area contributed by atoms with E-state index in [0.29, 0.717) is 5.92 Å². The third kappa shape index (κ3) is 17.1. The zero-order valence-electron chi connectivity index (χ0n) is 17.9. The van der Waals surface area contributed by atoms with Crippen molar-refractivity contribution in [2.45, 2.75) is 123 Å². The summed E-state index contributed by atoms with van der Waals surface area (Å²) >= 11 is 0. The third-order valence-corrected chi connectivity index (χ3v) is 5.15. The Hall–Kier alpha value is -0.380. The van der Waals surface area contributed by atoms with Crippen LogP contribution in [0.1, 0.15) is 111 Å². The molecule has 0 spiro atoms. The summed E-state index contributed by atoms with van der Waals surface area (Å²) in [5.74, 6) is 0.337. The molecule has 156 valence electrons. The Labute approximate surface area is 163 Å². The molecule has 0 aliphatic rings. The van der Waals surface area contributed by atoms with E-state index in [-0.39, 0.29) is 12.6 Å². The van der Waals surface area contributed by atoms with E-state index in [4.69, 9.17) is 0 Å². The van der Waals surface area contributed by atoms with Crippen molar-refractivity contribution in [3.8, 4) is 0 Å². The van der Waals surface area contributed by atoms with Crippen molar-refractivity contribution in [2.75, 3.05) is 6.61 Å². The van der Waals surface area contributed by atoms with Gasteiger partial charge >= 0.3 is 0 Å². The topological polar surface area (TPSA) is 52.5 Å². The molecule has 0 aromatic rings. The van der Waals surface area contributed by atoms with Crippen molar-refractivity contribution in [3.63, 3.8) is 0 Å². The molecule has 0 aromatic heterocycles. The quantitative estimate of drug-likeness (QED) is 0.150. The molecule has 26 heavy (non-hydrogen) atoms. The van der Waals surface area contributed by atoms with Crippen LogP contribution in [0.5, 0.6) is 0 Å². The maximum absolute atomic E-state index is 9.97. The summed E-state index contributed by atoms with van der Waals surface area (Å²) in [6.07, 6.45) is 21.8. The zero-order valence-corrected chi connectivity index (χ0v) is 17.9. The number of allylic oxidation sites excluding steroid dienone is 2. The lowest BCUT2D eigenvalue weighted by molar-refractivity contribution is 0.0815. The highest BCUT2D eigenvalue weighted by atomic mass is 16.3. The minimum Gasteiger partial charge on any atom is -0.395 e. The maximum atomic E-state index is 9.97. The van der Waals surface area contributed by atoms with Gasteiger partial charge in [-0.05, 0) is 44.4 Å². The summed E-state index contributed by atoms with van der Waals surface area (Å²) in [5, 5.41) is 22.4. The molecule has 0 rings (SSSR count). The van der Waals surface area contributed by atoms with Crippen LogP contribution < -0.4 is 5.32 Å². The number of hydrogen-bond acceptors (Lipinski definition) is 3. The van der Waals surface area contributed by atoms with Gasteiger partial charge < -0.3 is 10.2 Å². The van der Waals surface area contributed by atoms with Gasteiger partial charge in [0.05, 0.1) is 6.61 Å². The van der Waals surface area contributed by atoms with Gasteiger partial charge in [0.2, 0.25) is 0 Å². The highest BCUT2D eigenvalue weighted by Gasteiger charge is 2.15. The van der Waals surface area contributed by atoms with Crippen molar-refractivity contribution in [2.24, 2.45) is 5.92 Å². The van der Waals surface area contributed by atoms with Gasteiger partial charge in [-0.2, -0.15) is 0 Å². The highest BCUT2D eigenvalue weighted by molar-refractivity contribution is 4.81. The lowest BCUT2D eigenvalue weighted by atomic mass is 10.0. The van der Waals surface area contributed by atoms with Gasteiger partial charge in [-0.1, -0.05) is 84.3 Å². The Morgan fingerprint density at radius 3 is 1.77 bits per heavy atom. The fourth-order valence-corrected chi connectivity index (χ4v) is 3.19. The van der Waals surface area contributed by atoms with Crippen molar-refractivity contribution in [1.82, 2.24) is 5.32 Å². The third-order valence-electron chi connectivity index (χ3n) is 5.15. The number of hydrogen-bond donors (Lipinski definition) is 3. The average Bonchev–Trinajstić information content (AvgIpc) is 2.62. The zero-order chi connectivity index (χ0) is 19.5. The van der Waals surface area contributed by atoms with Gasteiger partial charge in [-0.25, -0.2) is 0 Å². The second kappa shape index (κ2) is 19.4. The molecule has 3 nitrogen and oxygen atoms in total. The molecule has 3 heteroatoms. The van der Waals surface area contributed by atoms with Crippen molar-refractivity contribution in [1.29, 1.82) is 0 Å². The molecule has 0 amide bonds. The number of nitrogens with one attached hydrogen (secondary N) is 1. The van der Waals surface area contributed by atoms with Crippen molar-refractivity contribution >= 4 is 0 Å². The minimum absolute atomic E-state index is 0.00636. The first-order chi connectivity index (χ1) is 12.6. The molecule has 0 fully saturated rings. The Morgan fingerprint density at radius 1 is 0.769 bits per heavy atom. The molecule has 3 N–H and O–H groups in total. The number of aliphatic hydroxyl groups is 2. The Bertz CT molecular complexity index is 305. The SMILES string of the molecule is CCCCCCCC/C=C\CCCCCCCC(O)N[C@H](CO)C(C)C. The first kappa shape index (κ1) is 25.6. The average molecular weight is 370 g/mol. The molecule has 1 unspecified atom stereocenters. The highest BCUT2D eigenvalue weighted by Crippen LogP contribution is 2.11. The monoisotopic (exact) mass is 369 g/mol. The molecule has 0 saturated carbocycles. The van der Waals surface area contributed by atoms with Crippen LogP contribution in [-0.2, 0) is 0 Å². The van der Waals surface area contributed by atoms with Gasteiger partial charge in [0.1, 0.15) is 6.23 Å². The van der Waals surface area contributed by atoms with E-state index in [1.165, 1.54) is 77.0 Å². The standard InChI is InChI=1S/C23H47NO2/c1-4-5-6-7-8-9-10-11-12-13-14-15-16-17-18-19-23(26)24-22(20-25)21(2)3/h11-12,21-26H,4-10,13-20H2,1-3H3/b12-11-/t22-,23?/m1/s1. The normalized spacial score (nSPS) is 14.4. The smallest absolute Gasteiger partial charge is 0.105 e. The summed E-state index contributed by atoms with van der Waals surface area (Å²) in [6, 6.07) is -0.00636. The maximum Gasteiger partial charge on any atom is 0.105 e. The minimum atomic E-state index is -0.487. The van der Waals surface area contributed by atoms with E-state index in [1.54, 1.807) is 0 Å². The first-order valence-corrected chi connectivity index (χ1v) is 11.3. The summed E-state index contributed by atoms with van der Waals surface area (Å²) in [5.41, 5.74) is 0. The summed E-state index contributed by atoms with van der Waals surface area (Å²) < 4.78 is 0. The predicted molar refractivity (Wildman–Crippen MR) is 114 cm³/mol. The van der Waals surface area contributed by atoms with Crippen LogP contribution in [-0.4, -0.2) is 29.1 Å². The predicted octanol–water partition coefficient (Wildman–Crippen LogP) is 5.95. The number of aliphatic hydroxyl groups excluding tert-OH is 2. The van der Waals surface area contributed by atoms with E-state index in [2.05, 4.69) is 38.2 Å². The second-order valence-corrected chi connectivity index (χ2v) is 8.09. The lowest BCUT2D eigenvalue weighted by Crippen LogP contribution is -2.43. The van der Waals surface area contributed by atoms with Crippen LogP contribution in [0.15, 0.2) is 12.2 Å². The Kier molecular flexibility index (Phi) is 19.1. The fraction of sp³-hybridized carbons (Fsp3) is 0.913. The summed E-state index contributed by atoms with van der Waals surface area (Å²) in [4.78, 5) is 0. The fourth-order valence-electron chi connectivity index (χ4n) is 3.19. The number of rotatable bonds is 19. The van der Waals surface area contributed by atoms with Crippen molar-refractivity contribution in [3.05, 3.63) is 12.2 Å². The molecule has 0 heterocycles. The number of unbranched alkanes of at least 4 members (excludes halogenated alkanes) is 11. The second-order valence-electron chi connectivity index (χ2n) is 8.09. The van der Waals surface area contributed by atoms with E-state index < -0.39 is 6.23 Å². The Balaban J connectivity index is 3.34. The molecule has 0 aliphatic carbocycles. The van der Waals surface area contributed by atoms with Crippen LogP contribution in [0.3, 0.4) is 0 Å². The molecule has 0 saturated heterocycles. The summed E-state index contributed by atoms with van der Waals surface area (Å²) in [6.45, 7) is 6.47. The van der Waals surface area contributed by atoms with Gasteiger partial charge in [0, 0.05) is 6.04 Å². The van der Waals surface area contributed by atoms with Crippen LogP contribution in [0.2, 0.25) is 0 Å². The van der Waals surface area contributed by atoms with Crippen LogP contribution in [0.25, 0.3) is 0 Å². The van der Waals surface area contributed by atoms with Gasteiger partial charge in [0.15, 0.2) is 0 Å². The molecule has 0 aliphatic heterocycles. The van der Waals surface area contributed by atoms with Crippen LogP contribution >= 0.6 is 0 Å². The molecular formula is C23H47NO2. The van der Waals surface area contributed by atoms with E-state index in [1.807, 2.05) is 0 Å². The van der Waals surface area contributed by atoms with E-state index in [9.17, 15) is 10.2 Å². The van der Waals surface area contributed by atoms with Crippen LogP contribution in [0.4, 0.5) is 0 Å². The molecule has 2 atom stereocenters. The summed E-state index contributed by atoms with van der Waals surface area (Å²) in [7, 11) is 0. The molecule has 0 radical (unpaired) electrons. The molecule has 0 bridgehead atoms. The van der Waals surface area contributed by atoms with Crippen LogP contribution in [0, 0.1) is 5.92 Å². The molecular weight excluding hydrogens is 322 g/mol. The van der Waals surface area contributed by atoms with Gasteiger partial charge in [-0.15, -0.1) is 0 Å². The van der Waals surface area contributed by atoms with Gasteiger partial charge in [0.25, 0.3) is 0 Å². The van der Waals surface area contributed by atoms with E-state index >= 15 is 0 Å². The largest absolute Gasteiger partial charge is 0.395 e. The first-order valence-electron chi connectivity index (χ1n) is 11.3. The van der Waals surface area contributed by atoms with Crippen molar-refractivity contribution < 1.29 is 10.2 Å². The Morgan fingerprint density at radius 2 is 1.27 bits per heavy atom. The lowest BCUT2D eigenvalue weighted by Gasteiger charge is -2.23. The van der Waals surface area contributed by atoms with Gasteiger partial charge in [-0.3, -0.25) is 5.32 Å². The van der Waals surface area contributed by atoms with E-state index in [0.717, 1.165) is 12.8 Å². The molecule has 0 aromatic carbocycles.